The Balaban J connectivity index is 3.12. The van der Waals surface area contributed by atoms with Crippen LogP contribution in [0.3, 0.4) is 0 Å². The lowest BCUT2D eigenvalue weighted by molar-refractivity contribution is -0.122. The number of likely N-dealkylation sites (N-methyl/N-ethyl adjacent to an activating group) is 1. The van der Waals surface area contributed by atoms with Crippen molar-refractivity contribution in [3.05, 3.63) is 15.8 Å². The van der Waals surface area contributed by atoms with Gasteiger partial charge in [0, 0.05) is 6.54 Å². The van der Waals surface area contributed by atoms with Crippen molar-refractivity contribution in [1.29, 1.82) is 0 Å². The van der Waals surface area contributed by atoms with E-state index >= 15 is 0 Å². The highest BCUT2D eigenvalue weighted by Crippen LogP contribution is 2.27. The molecule has 0 aliphatic rings. The summed E-state index contributed by atoms with van der Waals surface area (Å²) in [5, 5.41) is 4.07. The average molecular weight is 334 g/mol. The van der Waals surface area contributed by atoms with Gasteiger partial charge in [-0.2, -0.15) is 4.72 Å². The monoisotopic (exact) mass is 334 g/mol. The molecule has 1 atom stereocenters. The minimum Gasteiger partial charge on any atom is -0.465 e. The topological polar surface area (TPSA) is 102 Å². The van der Waals surface area contributed by atoms with Gasteiger partial charge in [-0.3, -0.25) is 4.79 Å². The number of methoxy groups -OCH3 is 1. The quantitative estimate of drug-likeness (QED) is 0.744. The SMILES string of the molecule is CCNC(=O)C(C)NS(=O)(=O)c1c(C)csc1C(=O)OC. The molecule has 7 nitrogen and oxygen atoms in total. The fourth-order valence-corrected chi connectivity index (χ4v) is 4.58. The van der Waals surface area contributed by atoms with E-state index in [0.29, 0.717) is 12.1 Å². The molecule has 2 N–H and O–H groups in total. The number of esters is 1. The van der Waals surface area contributed by atoms with E-state index in [9.17, 15) is 18.0 Å². The van der Waals surface area contributed by atoms with Crippen molar-refractivity contribution in [3.63, 3.8) is 0 Å². The summed E-state index contributed by atoms with van der Waals surface area (Å²) in [4.78, 5) is 23.1. The summed E-state index contributed by atoms with van der Waals surface area (Å²) in [5.74, 6) is -1.16. The van der Waals surface area contributed by atoms with E-state index in [-0.39, 0.29) is 9.77 Å². The van der Waals surface area contributed by atoms with Gasteiger partial charge < -0.3 is 10.1 Å². The molecule has 118 valence electrons. The van der Waals surface area contributed by atoms with Crippen molar-refractivity contribution in [2.75, 3.05) is 13.7 Å². The Hall–Kier alpha value is -1.45. The number of hydrogen-bond donors (Lipinski definition) is 2. The van der Waals surface area contributed by atoms with Crippen LogP contribution < -0.4 is 10.0 Å². The van der Waals surface area contributed by atoms with Crippen LogP contribution in [0.1, 0.15) is 29.1 Å². The summed E-state index contributed by atoms with van der Waals surface area (Å²) in [6, 6.07) is -0.945. The number of nitrogens with one attached hydrogen (secondary N) is 2. The van der Waals surface area contributed by atoms with Crippen LogP contribution in [-0.2, 0) is 19.6 Å². The molecule has 0 fully saturated rings. The van der Waals surface area contributed by atoms with Gasteiger partial charge in [-0.25, -0.2) is 13.2 Å². The Morgan fingerprint density at radius 2 is 2.05 bits per heavy atom. The maximum Gasteiger partial charge on any atom is 0.349 e. The second-order valence-electron chi connectivity index (χ2n) is 4.31. The highest BCUT2D eigenvalue weighted by atomic mass is 32.2. The van der Waals surface area contributed by atoms with Crippen LogP contribution in [0.15, 0.2) is 10.3 Å². The van der Waals surface area contributed by atoms with Crippen molar-refractivity contribution in [2.45, 2.75) is 31.7 Å². The zero-order valence-corrected chi connectivity index (χ0v) is 13.9. The highest BCUT2D eigenvalue weighted by Gasteiger charge is 2.30. The Morgan fingerprint density at radius 1 is 1.43 bits per heavy atom. The number of ether oxygens (including phenoxy) is 1. The molecule has 0 aliphatic heterocycles. The Kier molecular flexibility index (Phi) is 5.87. The van der Waals surface area contributed by atoms with Crippen molar-refractivity contribution in [1.82, 2.24) is 10.0 Å². The zero-order chi connectivity index (χ0) is 16.2. The number of carbonyl (C=O) groups excluding carboxylic acids is 2. The van der Waals surface area contributed by atoms with Gasteiger partial charge >= 0.3 is 5.97 Å². The van der Waals surface area contributed by atoms with Crippen LogP contribution in [0.25, 0.3) is 0 Å². The lowest BCUT2D eigenvalue weighted by Gasteiger charge is -2.14. The third-order valence-corrected chi connectivity index (χ3v) is 5.57. The molecule has 1 unspecified atom stereocenters. The first-order chi connectivity index (χ1) is 9.74. The fraction of sp³-hybridized carbons (Fsp3) is 0.500. The van der Waals surface area contributed by atoms with Gasteiger partial charge in [-0.1, -0.05) is 0 Å². The van der Waals surface area contributed by atoms with Crippen LogP contribution in [0.5, 0.6) is 0 Å². The minimum absolute atomic E-state index is 0.00870. The third kappa shape index (κ3) is 4.02. The largest absolute Gasteiger partial charge is 0.465 e. The van der Waals surface area contributed by atoms with Crippen LogP contribution in [0, 0.1) is 6.92 Å². The van der Waals surface area contributed by atoms with E-state index in [1.54, 1.807) is 19.2 Å². The first-order valence-corrected chi connectivity index (χ1v) is 8.57. The normalized spacial score (nSPS) is 12.8. The number of sulfonamides is 1. The number of amides is 1. The molecule has 1 heterocycles. The lowest BCUT2D eigenvalue weighted by Crippen LogP contribution is -2.44. The predicted octanol–water partition coefficient (Wildman–Crippen LogP) is 0.646. The molecular weight excluding hydrogens is 316 g/mol. The van der Waals surface area contributed by atoms with Crippen LogP contribution in [0.4, 0.5) is 0 Å². The van der Waals surface area contributed by atoms with Crippen LogP contribution >= 0.6 is 11.3 Å². The molecule has 0 spiro atoms. The lowest BCUT2D eigenvalue weighted by atomic mass is 10.3. The van der Waals surface area contributed by atoms with Gasteiger partial charge in [0.05, 0.1) is 13.2 Å². The number of rotatable bonds is 6. The summed E-state index contributed by atoms with van der Waals surface area (Å²) >= 11 is 0.987. The molecule has 0 bridgehead atoms. The third-order valence-electron chi connectivity index (χ3n) is 2.63. The molecule has 0 saturated carbocycles. The van der Waals surface area contributed by atoms with Crippen molar-refractivity contribution in [3.8, 4) is 0 Å². The summed E-state index contributed by atoms with van der Waals surface area (Å²) in [6.07, 6.45) is 0. The van der Waals surface area contributed by atoms with E-state index < -0.39 is 27.9 Å². The van der Waals surface area contributed by atoms with Gasteiger partial charge in [0.15, 0.2) is 0 Å². The van der Waals surface area contributed by atoms with Crippen LogP contribution in [0.2, 0.25) is 0 Å². The molecule has 9 heteroatoms. The predicted molar refractivity (Wildman–Crippen MR) is 78.9 cm³/mol. The standard InChI is InChI=1S/C12H18N2O5S2/c1-5-13-11(15)8(3)14-21(17,18)10-7(2)6-20-9(10)12(16)19-4/h6,8,14H,5H2,1-4H3,(H,13,15). The first kappa shape index (κ1) is 17.6. The zero-order valence-electron chi connectivity index (χ0n) is 12.2. The number of carbonyl (C=O) groups is 2. The number of aryl methyl sites for hydroxylation is 1. The number of hydrogen-bond acceptors (Lipinski definition) is 6. The Morgan fingerprint density at radius 3 is 2.57 bits per heavy atom. The molecule has 0 aliphatic carbocycles. The molecule has 0 saturated heterocycles. The summed E-state index contributed by atoms with van der Waals surface area (Å²) < 4.78 is 31.6. The van der Waals surface area contributed by atoms with E-state index in [1.807, 2.05) is 0 Å². The van der Waals surface area contributed by atoms with Gasteiger partial charge in [0.1, 0.15) is 9.77 Å². The van der Waals surface area contributed by atoms with Gasteiger partial charge in [-0.05, 0) is 31.7 Å². The minimum atomic E-state index is -4.00. The Labute approximate surface area is 127 Å². The Bertz CT molecular complexity index is 636. The van der Waals surface area contributed by atoms with E-state index in [0.717, 1.165) is 11.3 Å². The van der Waals surface area contributed by atoms with Crippen molar-refractivity contribution in [2.24, 2.45) is 0 Å². The van der Waals surface area contributed by atoms with Crippen LogP contribution in [-0.4, -0.2) is 40.0 Å². The molecule has 1 rings (SSSR count). The van der Waals surface area contributed by atoms with Crippen molar-refractivity contribution < 1.29 is 22.7 Å². The molecule has 21 heavy (non-hydrogen) atoms. The fourth-order valence-electron chi connectivity index (χ4n) is 1.67. The maximum atomic E-state index is 12.4. The molecular formula is C12H18N2O5S2. The van der Waals surface area contributed by atoms with E-state index in [2.05, 4.69) is 14.8 Å². The van der Waals surface area contributed by atoms with Gasteiger partial charge in [0.2, 0.25) is 15.9 Å². The first-order valence-electron chi connectivity index (χ1n) is 6.21. The van der Waals surface area contributed by atoms with E-state index in [4.69, 9.17) is 0 Å². The second-order valence-corrected chi connectivity index (χ2v) is 6.84. The molecule has 1 aromatic rings. The highest BCUT2D eigenvalue weighted by molar-refractivity contribution is 7.89. The number of thiophene rings is 1. The molecule has 0 radical (unpaired) electrons. The van der Waals surface area contributed by atoms with E-state index in [1.165, 1.54) is 14.0 Å². The van der Waals surface area contributed by atoms with Crippen molar-refractivity contribution >= 4 is 33.2 Å². The van der Waals surface area contributed by atoms with Gasteiger partial charge in [0.25, 0.3) is 0 Å². The molecule has 0 aromatic carbocycles. The summed E-state index contributed by atoms with van der Waals surface area (Å²) in [7, 11) is -2.82. The average Bonchev–Trinajstić information content (AvgIpc) is 2.80. The second kappa shape index (κ2) is 7.01. The maximum absolute atomic E-state index is 12.4. The molecule has 1 amide bonds. The summed E-state index contributed by atoms with van der Waals surface area (Å²) in [6.45, 7) is 5.14. The molecule has 1 aromatic heterocycles. The summed E-state index contributed by atoms with van der Waals surface area (Å²) in [5.41, 5.74) is 0.427. The van der Waals surface area contributed by atoms with Gasteiger partial charge in [-0.15, -0.1) is 11.3 Å². The smallest absolute Gasteiger partial charge is 0.349 e.